The third-order valence-electron chi connectivity index (χ3n) is 4.72. The molecule has 120 valence electrons. The monoisotopic (exact) mass is 309 g/mol. The zero-order valence-corrected chi connectivity index (χ0v) is 15.1. The molecule has 21 heavy (non-hydrogen) atoms. The zero-order chi connectivity index (χ0) is 15.4. The Hall–Kier alpha value is -0.450. The molecule has 0 saturated carbocycles. The van der Waals surface area contributed by atoms with Crippen molar-refractivity contribution in [3.8, 4) is 0 Å². The van der Waals surface area contributed by atoms with Crippen LogP contribution in [0.4, 0.5) is 0 Å². The lowest BCUT2D eigenvalue weighted by Gasteiger charge is -2.36. The summed E-state index contributed by atoms with van der Waals surface area (Å²) in [6, 6.07) is 1.01. The predicted octanol–water partition coefficient (Wildman–Crippen LogP) is 3.92. The summed E-state index contributed by atoms with van der Waals surface area (Å²) in [7, 11) is 0. The van der Waals surface area contributed by atoms with E-state index in [1.807, 2.05) is 11.3 Å². The number of likely N-dealkylation sites (tertiary alicyclic amines) is 1. The van der Waals surface area contributed by atoms with Crippen molar-refractivity contribution in [3.05, 3.63) is 15.6 Å². The average molecular weight is 310 g/mol. The van der Waals surface area contributed by atoms with Crippen molar-refractivity contribution in [1.82, 2.24) is 15.2 Å². The minimum atomic E-state index is 0.417. The number of rotatable bonds is 6. The van der Waals surface area contributed by atoms with Gasteiger partial charge in [-0.15, -0.1) is 11.3 Å². The fraction of sp³-hybridized carbons (Fsp3) is 0.824. The first-order chi connectivity index (χ1) is 10.0. The van der Waals surface area contributed by atoms with E-state index < -0.39 is 0 Å². The van der Waals surface area contributed by atoms with Gasteiger partial charge in [0.2, 0.25) is 0 Å². The molecule has 2 atom stereocenters. The Morgan fingerprint density at radius 3 is 2.48 bits per heavy atom. The molecule has 1 fully saturated rings. The highest BCUT2D eigenvalue weighted by molar-refractivity contribution is 7.11. The van der Waals surface area contributed by atoms with Crippen LogP contribution in [0.1, 0.15) is 61.7 Å². The van der Waals surface area contributed by atoms with Gasteiger partial charge in [-0.2, -0.15) is 0 Å². The van der Waals surface area contributed by atoms with E-state index in [1.54, 1.807) is 0 Å². The first kappa shape index (κ1) is 16.9. The molecule has 1 aliphatic rings. The number of nitrogens with one attached hydrogen (secondary N) is 1. The van der Waals surface area contributed by atoms with Gasteiger partial charge in [-0.05, 0) is 72.5 Å². The van der Waals surface area contributed by atoms with Crippen LogP contribution >= 0.6 is 11.3 Å². The molecule has 2 heterocycles. The van der Waals surface area contributed by atoms with Gasteiger partial charge in [-0.3, -0.25) is 0 Å². The topological polar surface area (TPSA) is 28.2 Å². The fourth-order valence-electron chi connectivity index (χ4n) is 3.55. The van der Waals surface area contributed by atoms with Crippen LogP contribution in [0.5, 0.6) is 0 Å². The van der Waals surface area contributed by atoms with Crippen molar-refractivity contribution in [3.63, 3.8) is 0 Å². The second kappa shape index (κ2) is 7.70. The molecule has 2 rings (SSSR count). The summed E-state index contributed by atoms with van der Waals surface area (Å²) in [6.07, 6.45) is 3.95. The molecule has 0 amide bonds. The van der Waals surface area contributed by atoms with Crippen LogP contribution in [0.15, 0.2) is 0 Å². The second-order valence-corrected chi connectivity index (χ2v) is 7.77. The summed E-state index contributed by atoms with van der Waals surface area (Å²) >= 11 is 1.84. The van der Waals surface area contributed by atoms with E-state index in [0.29, 0.717) is 12.1 Å². The first-order valence-corrected chi connectivity index (χ1v) is 9.25. The summed E-state index contributed by atoms with van der Waals surface area (Å²) in [6.45, 7) is 15.0. The SMILES string of the molecule is CCCN1CCC(C(C)NC(C)c2sc(C)nc2C)CC1. The third kappa shape index (κ3) is 4.51. The molecule has 1 aromatic heterocycles. The molecule has 0 radical (unpaired) electrons. The van der Waals surface area contributed by atoms with Crippen molar-refractivity contribution in [2.45, 2.75) is 66.0 Å². The van der Waals surface area contributed by atoms with Crippen molar-refractivity contribution in [1.29, 1.82) is 0 Å². The quantitative estimate of drug-likeness (QED) is 0.863. The average Bonchev–Trinajstić information content (AvgIpc) is 2.79. The van der Waals surface area contributed by atoms with Crippen LogP contribution < -0.4 is 5.32 Å². The summed E-state index contributed by atoms with van der Waals surface area (Å²) in [4.78, 5) is 8.57. The Bertz CT molecular complexity index is 435. The van der Waals surface area contributed by atoms with Gasteiger partial charge in [0.1, 0.15) is 0 Å². The van der Waals surface area contributed by atoms with E-state index in [4.69, 9.17) is 0 Å². The van der Waals surface area contributed by atoms with E-state index in [-0.39, 0.29) is 0 Å². The van der Waals surface area contributed by atoms with Crippen molar-refractivity contribution in [2.75, 3.05) is 19.6 Å². The molecule has 4 heteroatoms. The van der Waals surface area contributed by atoms with Crippen molar-refractivity contribution >= 4 is 11.3 Å². The molecule has 1 aliphatic heterocycles. The van der Waals surface area contributed by atoms with Crippen LogP contribution in [-0.4, -0.2) is 35.6 Å². The Morgan fingerprint density at radius 2 is 1.95 bits per heavy atom. The molecular formula is C17H31N3S. The van der Waals surface area contributed by atoms with Crippen LogP contribution in [0, 0.1) is 19.8 Å². The standard InChI is InChI=1S/C17H31N3S/c1-6-9-20-10-7-16(8-11-20)12(2)18-13(3)17-14(4)19-15(5)21-17/h12-13,16,18H,6-11H2,1-5H3. The molecular weight excluding hydrogens is 278 g/mol. The van der Waals surface area contributed by atoms with Crippen molar-refractivity contribution < 1.29 is 0 Å². The van der Waals surface area contributed by atoms with Gasteiger partial charge in [0.05, 0.1) is 10.7 Å². The molecule has 3 nitrogen and oxygen atoms in total. The molecule has 1 saturated heterocycles. The van der Waals surface area contributed by atoms with Gasteiger partial charge >= 0.3 is 0 Å². The Balaban J connectivity index is 1.84. The van der Waals surface area contributed by atoms with Gasteiger partial charge in [-0.25, -0.2) is 4.98 Å². The molecule has 0 aromatic carbocycles. The number of hydrogen-bond acceptors (Lipinski definition) is 4. The number of piperidine rings is 1. The lowest BCUT2D eigenvalue weighted by Crippen LogP contribution is -2.42. The van der Waals surface area contributed by atoms with Crippen molar-refractivity contribution in [2.24, 2.45) is 5.92 Å². The van der Waals surface area contributed by atoms with E-state index in [9.17, 15) is 0 Å². The van der Waals surface area contributed by atoms with Crippen LogP contribution in [0.3, 0.4) is 0 Å². The third-order valence-corrected chi connectivity index (χ3v) is 5.98. The predicted molar refractivity (Wildman–Crippen MR) is 92.1 cm³/mol. The smallest absolute Gasteiger partial charge is 0.0900 e. The largest absolute Gasteiger partial charge is 0.307 e. The van der Waals surface area contributed by atoms with E-state index >= 15 is 0 Å². The fourth-order valence-corrected chi connectivity index (χ4v) is 4.49. The highest BCUT2D eigenvalue weighted by atomic mass is 32.1. The molecule has 1 N–H and O–H groups in total. The Labute approximate surface area is 134 Å². The van der Waals surface area contributed by atoms with Crippen LogP contribution in [0.25, 0.3) is 0 Å². The minimum Gasteiger partial charge on any atom is -0.307 e. The van der Waals surface area contributed by atoms with Gasteiger partial charge in [0, 0.05) is 17.0 Å². The van der Waals surface area contributed by atoms with Gasteiger partial charge < -0.3 is 10.2 Å². The number of nitrogens with zero attached hydrogens (tertiary/aromatic N) is 2. The highest BCUT2D eigenvalue weighted by Crippen LogP contribution is 2.27. The molecule has 0 bridgehead atoms. The number of aryl methyl sites for hydroxylation is 2. The number of thiazole rings is 1. The van der Waals surface area contributed by atoms with E-state index in [2.05, 4.69) is 49.8 Å². The zero-order valence-electron chi connectivity index (χ0n) is 14.3. The van der Waals surface area contributed by atoms with Crippen LogP contribution in [0.2, 0.25) is 0 Å². The van der Waals surface area contributed by atoms with E-state index in [1.165, 1.54) is 54.5 Å². The summed E-state index contributed by atoms with van der Waals surface area (Å²) in [5, 5.41) is 5.00. The van der Waals surface area contributed by atoms with E-state index in [0.717, 1.165) is 5.92 Å². The molecule has 2 unspecified atom stereocenters. The maximum atomic E-state index is 4.55. The summed E-state index contributed by atoms with van der Waals surface area (Å²) in [5.41, 5.74) is 1.20. The highest BCUT2D eigenvalue weighted by Gasteiger charge is 2.25. The maximum Gasteiger partial charge on any atom is 0.0900 e. The maximum absolute atomic E-state index is 4.55. The summed E-state index contributed by atoms with van der Waals surface area (Å²) in [5.74, 6) is 0.815. The lowest BCUT2D eigenvalue weighted by atomic mass is 9.90. The minimum absolute atomic E-state index is 0.417. The van der Waals surface area contributed by atoms with Gasteiger partial charge in [0.15, 0.2) is 0 Å². The Morgan fingerprint density at radius 1 is 1.29 bits per heavy atom. The van der Waals surface area contributed by atoms with Gasteiger partial charge in [-0.1, -0.05) is 6.92 Å². The lowest BCUT2D eigenvalue weighted by molar-refractivity contribution is 0.159. The van der Waals surface area contributed by atoms with Crippen LogP contribution in [-0.2, 0) is 0 Å². The molecule has 1 aromatic rings. The number of hydrogen-bond donors (Lipinski definition) is 1. The second-order valence-electron chi connectivity index (χ2n) is 6.54. The first-order valence-electron chi connectivity index (χ1n) is 8.43. The van der Waals surface area contributed by atoms with Gasteiger partial charge in [0.25, 0.3) is 0 Å². The number of aromatic nitrogens is 1. The molecule has 0 aliphatic carbocycles. The summed E-state index contributed by atoms with van der Waals surface area (Å²) < 4.78 is 0. The normalized spacial score (nSPS) is 20.6. The Kier molecular flexibility index (Phi) is 6.20. The molecule has 0 spiro atoms.